The van der Waals surface area contributed by atoms with Crippen molar-refractivity contribution in [1.29, 1.82) is 0 Å². The smallest absolute Gasteiger partial charge is 0.336 e. The van der Waals surface area contributed by atoms with Gasteiger partial charge in [-0.1, -0.05) is 24.6 Å². The van der Waals surface area contributed by atoms with Crippen LogP contribution in [0.25, 0.3) is 0 Å². The van der Waals surface area contributed by atoms with Gasteiger partial charge in [0, 0.05) is 46.0 Å². The van der Waals surface area contributed by atoms with Crippen LogP contribution in [0.15, 0.2) is 23.3 Å². The molecule has 1 unspecified atom stereocenters. The Balaban J connectivity index is 0.864. The van der Waals surface area contributed by atoms with Gasteiger partial charge in [-0.2, -0.15) is 0 Å². The fraction of sp³-hybridized carbons (Fsp3) is 0.854. The summed E-state index contributed by atoms with van der Waals surface area (Å²) in [5.74, 6) is -2.50. The number of hydrogen-bond acceptors (Lipinski definition) is 15. The van der Waals surface area contributed by atoms with Gasteiger partial charge in [-0.15, -0.1) is 0 Å². The first kappa shape index (κ1) is 40.7. The molecule has 0 bridgehead atoms. The van der Waals surface area contributed by atoms with E-state index in [1.807, 2.05) is 19.9 Å². The average Bonchev–Trinajstić information content (AvgIpc) is 3.61. The van der Waals surface area contributed by atoms with Gasteiger partial charge in [0.05, 0.1) is 61.2 Å². The third-order valence-corrected chi connectivity index (χ3v) is 14.1. The highest BCUT2D eigenvalue weighted by Gasteiger charge is 2.61. The molecule has 2 N–H and O–H groups in total. The second-order valence-corrected chi connectivity index (χ2v) is 17.5. The van der Waals surface area contributed by atoms with E-state index in [9.17, 15) is 19.8 Å². The quantitative estimate of drug-likeness (QED) is 0.271. The summed E-state index contributed by atoms with van der Waals surface area (Å²) in [6, 6.07) is 0. The lowest BCUT2D eigenvalue weighted by Crippen LogP contribution is -2.56. The molecule has 8 aliphatic rings. The highest BCUT2D eigenvalue weighted by Crippen LogP contribution is 2.56. The molecule has 56 heavy (non-hydrogen) atoms. The van der Waals surface area contributed by atoms with E-state index in [2.05, 4.69) is 13.0 Å². The number of rotatable bonds is 8. The Morgan fingerprint density at radius 1 is 0.804 bits per heavy atom. The van der Waals surface area contributed by atoms with Crippen LogP contribution < -0.4 is 0 Å². The minimum Gasteiger partial charge on any atom is -0.459 e. The van der Waals surface area contributed by atoms with E-state index >= 15 is 0 Å². The largest absolute Gasteiger partial charge is 0.459 e. The van der Waals surface area contributed by atoms with Gasteiger partial charge in [-0.25, -0.2) is 4.79 Å². The molecule has 6 heterocycles. The Morgan fingerprint density at radius 2 is 1.46 bits per heavy atom. The number of allylic oxidation sites excluding steroid dienone is 2. The van der Waals surface area contributed by atoms with Crippen LogP contribution in [0.4, 0.5) is 0 Å². The maximum absolute atomic E-state index is 13.7. The molecule has 8 rings (SSSR count). The normalized spacial score (nSPS) is 51.5. The van der Waals surface area contributed by atoms with Crippen LogP contribution in [-0.4, -0.2) is 135 Å². The number of carbonyl (C=O) groups excluding carboxylic acids is 2. The number of methoxy groups -OCH3 is 2. The molecule has 0 aromatic rings. The summed E-state index contributed by atoms with van der Waals surface area (Å²) in [7, 11) is 3.19. The van der Waals surface area contributed by atoms with Crippen LogP contribution in [0, 0.1) is 23.2 Å². The van der Waals surface area contributed by atoms with Gasteiger partial charge in [0.15, 0.2) is 18.9 Å². The average molecular weight is 793 g/mol. The van der Waals surface area contributed by atoms with Crippen molar-refractivity contribution < 1.29 is 71.9 Å². The van der Waals surface area contributed by atoms with Gasteiger partial charge in [0.2, 0.25) is 5.79 Å². The highest BCUT2D eigenvalue weighted by atomic mass is 16.8. The maximum atomic E-state index is 13.7. The predicted octanol–water partition coefficient (Wildman–Crippen LogP) is 3.21. The van der Waals surface area contributed by atoms with Gasteiger partial charge in [-0.05, 0) is 64.2 Å². The molecule has 6 aliphatic heterocycles. The van der Waals surface area contributed by atoms with Crippen LogP contribution in [0.2, 0.25) is 0 Å². The van der Waals surface area contributed by atoms with Crippen molar-refractivity contribution in [1.82, 2.24) is 0 Å². The minimum absolute atomic E-state index is 0.0315. The Kier molecular flexibility index (Phi) is 11.5. The molecule has 19 atom stereocenters. The molecule has 0 radical (unpaired) electrons. The van der Waals surface area contributed by atoms with Crippen molar-refractivity contribution in [3.63, 3.8) is 0 Å². The van der Waals surface area contributed by atoms with Gasteiger partial charge in [0.25, 0.3) is 0 Å². The zero-order valence-corrected chi connectivity index (χ0v) is 33.5. The molecule has 15 heteroatoms. The van der Waals surface area contributed by atoms with E-state index < -0.39 is 91.5 Å². The fourth-order valence-corrected chi connectivity index (χ4v) is 10.9. The van der Waals surface area contributed by atoms with Crippen LogP contribution >= 0.6 is 0 Å². The van der Waals surface area contributed by atoms with Crippen molar-refractivity contribution in [2.24, 2.45) is 23.2 Å². The van der Waals surface area contributed by atoms with E-state index in [0.717, 1.165) is 12.8 Å². The number of fused-ring (bicyclic) bond motifs is 3. The Labute approximate surface area is 328 Å². The van der Waals surface area contributed by atoms with Crippen LogP contribution in [-0.2, 0) is 61.7 Å². The molecule has 0 spiro atoms. The number of ether oxygens (including phenoxy) is 11. The number of hydrogen-bond donors (Lipinski definition) is 2. The molecule has 15 nitrogen and oxygen atoms in total. The van der Waals surface area contributed by atoms with Crippen LogP contribution in [0.1, 0.15) is 86.0 Å². The molecular weight excluding hydrogens is 732 g/mol. The van der Waals surface area contributed by atoms with Crippen molar-refractivity contribution in [2.75, 3.05) is 20.8 Å². The molecule has 6 fully saturated rings. The maximum Gasteiger partial charge on any atom is 0.336 e. The van der Waals surface area contributed by atoms with E-state index in [-0.39, 0.29) is 48.5 Å². The topological polar surface area (TPSA) is 176 Å². The first-order chi connectivity index (χ1) is 26.7. The third kappa shape index (κ3) is 7.41. The first-order valence-corrected chi connectivity index (χ1v) is 20.5. The molecule has 0 aromatic carbocycles. The van der Waals surface area contributed by atoms with E-state index in [1.165, 1.54) is 5.57 Å². The minimum atomic E-state index is -1.10. The van der Waals surface area contributed by atoms with Crippen LogP contribution in [0.5, 0.6) is 0 Å². The second-order valence-electron chi connectivity index (χ2n) is 17.5. The molecule has 5 saturated heterocycles. The summed E-state index contributed by atoms with van der Waals surface area (Å²) < 4.78 is 66.6. The molecule has 0 aromatic heterocycles. The standard InChI is InChI=1S/C41H60O15/c1-19-35(43)28(46-6)16-33(49-19)54-36-20(2)50-31(15-27(36)42)55-37-21(3)51-32(17-29(37)47-7)52-23-12-13-40(4)22(14-23)8-9-24-26(40)11-10-25-34-30(53-38(24)44)18-48-41(34,5)56-39(25)45/h8,10,19-21,23-24,26-37,42-43H,9,11-18H2,1-7H3/b25-10+/t19-,20+,21+,23-,24?,26-,27-,28+,29-,30+,31-,32-,33-,34+,35-,36+,37+,40-,41+/m0/s1. The molecule has 2 aliphatic carbocycles. The van der Waals surface area contributed by atoms with Crippen molar-refractivity contribution in [2.45, 2.75) is 178 Å². The number of esters is 2. The molecular formula is C41H60O15. The highest BCUT2D eigenvalue weighted by molar-refractivity contribution is 5.92. The molecule has 314 valence electrons. The van der Waals surface area contributed by atoms with Gasteiger partial charge in [0.1, 0.15) is 24.4 Å². The lowest BCUT2D eigenvalue weighted by Gasteiger charge is -2.50. The van der Waals surface area contributed by atoms with E-state index in [0.29, 0.717) is 37.7 Å². The Hall–Kier alpha value is -2.02. The number of aliphatic hydroxyl groups excluding tert-OH is 2. The monoisotopic (exact) mass is 792 g/mol. The summed E-state index contributed by atoms with van der Waals surface area (Å²) in [6.45, 7) is 9.72. The van der Waals surface area contributed by atoms with Crippen LogP contribution in [0.3, 0.4) is 0 Å². The third-order valence-electron chi connectivity index (χ3n) is 14.1. The first-order valence-electron chi connectivity index (χ1n) is 20.5. The van der Waals surface area contributed by atoms with Gasteiger partial charge >= 0.3 is 11.9 Å². The molecule has 0 amide bonds. The fourth-order valence-electron chi connectivity index (χ4n) is 10.9. The van der Waals surface area contributed by atoms with Crippen molar-refractivity contribution >= 4 is 11.9 Å². The molecule has 1 saturated carbocycles. The SMILES string of the molecule is CO[C@H]1C[C@H](O[C@H]2CC[C@@]3(C)C(=CCC4C(=O)O[C@@H]5CO[C@]6(C)OC(=O)/C(=C/C[C@@H]43)[C@H]56)C2)O[C@H](C)[C@H]1O[C@H]1C[C@H](O)[C@H](O[C@H]2C[C@@H](OC)[C@@H](O)[C@H](C)O2)[C@@H](C)O1. The van der Waals surface area contributed by atoms with Gasteiger partial charge < -0.3 is 62.3 Å². The van der Waals surface area contributed by atoms with Crippen molar-refractivity contribution in [3.05, 3.63) is 23.3 Å². The van der Waals surface area contributed by atoms with Crippen molar-refractivity contribution in [3.8, 4) is 0 Å². The summed E-state index contributed by atoms with van der Waals surface area (Å²) >= 11 is 0. The lowest BCUT2D eigenvalue weighted by molar-refractivity contribution is -0.337. The lowest BCUT2D eigenvalue weighted by atomic mass is 9.55. The summed E-state index contributed by atoms with van der Waals surface area (Å²) in [5, 5.41) is 21.5. The summed E-state index contributed by atoms with van der Waals surface area (Å²) in [6.07, 6.45) is 1.13. The van der Waals surface area contributed by atoms with E-state index in [1.54, 1.807) is 28.1 Å². The number of aliphatic hydroxyl groups is 2. The second kappa shape index (κ2) is 15.9. The number of carbonyl (C=O) groups is 2. The van der Waals surface area contributed by atoms with Gasteiger partial charge in [-0.3, -0.25) is 4.79 Å². The predicted molar refractivity (Wildman–Crippen MR) is 193 cm³/mol. The summed E-state index contributed by atoms with van der Waals surface area (Å²) in [4.78, 5) is 26.6. The Morgan fingerprint density at radius 3 is 2.20 bits per heavy atom. The summed E-state index contributed by atoms with van der Waals surface area (Å²) in [5.41, 5.74) is 1.55. The van der Waals surface area contributed by atoms with E-state index in [4.69, 9.17) is 52.1 Å². The zero-order valence-electron chi connectivity index (χ0n) is 33.5. The zero-order chi connectivity index (χ0) is 39.7. The Bertz CT molecular complexity index is 1520.